The van der Waals surface area contributed by atoms with E-state index in [0.717, 1.165) is 8.80 Å². The predicted octanol–water partition coefficient (Wildman–Crippen LogP) is 10.7. The van der Waals surface area contributed by atoms with Crippen molar-refractivity contribution >= 4 is 120 Å². The molecule has 0 spiro atoms. The molecule has 0 amide bonds. The molecule has 9 aromatic carbocycles. The summed E-state index contributed by atoms with van der Waals surface area (Å²) in [6, 6.07) is 19.0. The molecule has 0 saturated carbocycles. The predicted molar refractivity (Wildman–Crippen MR) is 205 cm³/mol. The Bertz CT molecular complexity index is 3990. The summed E-state index contributed by atoms with van der Waals surface area (Å²) in [7, 11) is 0. The van der Waals surface area contributed by atoms with Crippen molar-refractivity contribution in [2.24, 2.45) is 0 Å². The van der Waals surface area contributed by atoms with E-state index in [0.29, 0.717) is 21.5 Å². The molecule has 6 nitrogen and oxygen atoms in total. The van der Waals surface area contributed by atoms with Crippen LogP contribution >= 0.6 is 0 Å². The Labute approximate surface area is 313 Å². The van der Waals surface area contributed by atoms with Gasteiger partial charge >= 0.3 is 0 Å². The van der Waals surface area contributed by atoms with Crippen LogP contribution in [0.25, 0.3) is 120 Å². The van der Waals surface area contributed by atoms with E-state index in [1.807, 2.05) is 0 Å². The van der Waals surface area contributed by atoms with Gasteiger partial charge in [-0.2, -0.15) is 0 Å². The maximum atomic E-state index is 17.1. The molecule has 0 aliphatic rings. The molecule has 58 heavy (non-hydrogen) atoms. The van der Waals surface area contributed by atoms with Crippen LogP contribution in [-0.4, -0.2) is 18.8 Å². The summed E-state index contributed by atoms with van der Waals surface area (Å²) in [5, 5.41) is -10.4. The van der Waals surface area contributed by atoms with Crippen molar-refractivity contribution in [1.82, 2.24) is 18.8 Å². The average molecular weight is 781 g/mol. The summed E-state index contributed by atoms with van der Waals surface area (Å²) in [6.07, 6.45) is 0. The van der Waals surface area contributed by atoms with E-state index in [-0.39, 0.29) is 22.1 Å². The van der Waals surface area contributed by atoms with Crippen LogP contribution in [0.3, 0.4) is 0 Å². The maximum Gasteiger partial charge on any atom is 0.267 e. The zero-order chi connectivity index (χ0) is 39.5. The highest BCUT2D eigenvalue weighted by atomic mass is 19.2. The van der Waals surface area contributed by atoms with Gasteiger partial charge in [-0.1, -0.05) is 48.5 Å². The van der Waals surface area contributed by atoms with Crippen molar-refractivity contribution < 1.29 is 35.1 Å². The highest BCUT2D eigenvalue weighted by molar-refractivity contribution is 6.41. The molecule has 0 bridgehead atoms. The van der Waals surface area contributed by atoms with Gasteiger partial charge in [-0.25, -0.2) is 45.1 Å². The fraction of sp³-hybridized carbons (Fsp3) is 0. The number of hydrogen-bond donors (Lipinski definition) is 0. The molecule has 0 radical (unpaired) electrons. The monoisotopic (exact) mass is 780 g/mol. The largest absolute Gasteiger partial charge is 0.268 e. The van der Waals surface area contributed by atoms with Crippen LogP contribution in [0.2, 0.25) is 0 Å². The first-order valence-corrected chi connectivity index (χ1v) is 17.6. The number of fused-ring (bicyclic) bond motifs is 8. The number of benzene rings is 9. The minimum absolute atomic E-state index is 0.0795. The molecule has 0 unspecified atom stereocenters. The highest BCUT2D eigenvalue weighted by Gasteiger charge is 2.37. The summed E-state index contributed by atoms with van der Waals surface area (Å²) in [6.45, 7) is 0. The summed E-state index contributed by atoms with van der Waals surface area (Å²) >= 11 is 0. The molecule has 276 valence electrons. The molecular weight excluding hydrogens is 768 g/mol. The molecule has 0 aliphatic carbocycles. The maximum absolute atomic E-state index is 17.1. The van der Waals surface area contributed by atoms with E-state index in [1.165, 1.54) is 24.3 Å². The van der Waals surface area contributed by atoms with Crippen molar-refractivity contribution in [2.45, 2.75) is 0 Å². The Balaban J connectivity index is 1.38. The van der Waals surface area contributed by atoms with Crippen LogP contribution in [0.1, 0.15) is 0 Å². The third kappa shape index (κ3) is 3.22. The summed E-state index contributed by atoms with van der Waals surface area (Å²) in [5.41, 5.74) is -3.08. The van der Waals surface area contributed by atoms with Crippen LogP contribution < -0.4 is 11.1 Å². The molecule has 0 N–H and O–H groups in total. The molecule has 0 saturated heterocycles. The van der Waals surface area contributed by atoms with Gasteiger partial charge in [0, 0.05) is 53.9 Å². The lowest BCUT2D eigenvalue weighted by atomic mass is 9.84. The molecule has 13 rings (SSSR count). The van der Waals surface area contributed by atoms with E-state index in [2.05, 4.69) is 9.97 Å². The second-order valence-corrected chi connectivity index (χ2v) is 14.5. The van der Waals surface area contributed by atoms with Gasteiger partial charge in [-0.15, -0.1) is 0 Å². The van der Waals surface area contributed by atoms with Gasteiger partial charge in [0.05, 0.1) is 43.6 Å². The van der Waals surface area contributed by atoms with E-state index in [4.69, 9.17) is 0 Å². The Morgan fingerprint density at radius 1 is 0.328 bits per heavy atom. The second-order valence-electron chi connectivity index (χ2n) is 14.5. The lowest BCUT2D eigenvalue weighted by molar-refractivity contribution is 0.515. The number of aromatic nitrogens is 4. The van der Waals surface area contributed by atoms with Crippen molar-refractivity contribution in [1.29, 1.82) is 0 Å². The van der Waals surface area contributed by atoms with Crippen molar-refractivity contribution in [2.75, 3.05) is 0 Å². The van der Waals surface area contributed by atoms with Gasteiger partial charge in [0.1, 0.15) is 0 Å². The molecular formula is C44H12F8N4O2. The number of pyridine rings is 2. The summed E-state index contributed by atoms with van der Waals surface area (Å²) in [5.74, 6) is -15.3. The van der Waals surface area contributed by atoms with Crippen LogP contribution in [0.5, 0.6) is 0 Å². The van der Waals surface area contributed by atoms with Crippen molar-refractivity contribution in [3.8, 4) is 0 Å². The van der Waals surface area contributed by atoms with Gasteiger partial charge < -0.3 is 0 Å². The van der Waals surface area contributed by atoms with Gasteiger partial charge in [0.25, 0.3) is 11.1 Å². The molecule has 0 aliphatic heterocycles. The Morgan fingerprint density at radius 2 is 0.621 bits per heavy atom. The lowest BCUT2D eigenvalue weighted by Gasteiger charge is -2.23. The van der Waals surface area contributed by atoms with Gasteiger partial charge in [-0.05, 0) is 35.0 Å². The number of nitrogens with zero attached hydrogens (tertiary/aromatic N) is 4. The van der Waals surface area contributed by atoms with Crippen molar-refractivity contribution in [3.05, 3.63) is 140 Å². The number of halogens is 8. The summed E-state index contributed by atoms with van der Waals surface area (Å²) < 4.78 is 137. The summed E-state index contributed by atoms with van der Waals surface area (Å²) in [4.78, 5) is 37.8. The van der Waals surface area contributed by atoms with Crippen molar-refractivity contribution in [3.63, 3.8) is 0 Å². The van der Waals surface area contributed by atoms with Gasteiger partial charge in [-0.3, -0.25) is 18.4 Å². The number of rotatable bonds is 0. The standard InChI is InChI=1S/C44H12F8N4O2/c45-33-25-21-23-29(37(33)49)41-53-15-9-1-5-13-7-3-11-17(19(13)15)55(41)43(57)31(23)39(51)35(47)27(21)26-22-24-30(38(50)34(26)46)42-54-16-10-2-6-14-8-4-12-18(20(14)16)56(42)44(58)32(24)40(52)36(48)28(22)25/h1-12H. The topological polar surface area (TPSA) is 68.7 Å². The van der Waals surface area contributed by atoms with E-state index < -0.39 is 134 Å². The smallest absolute Gasteiger partial charge is 0.267 e. The van der Waals surface area contributed by atoms with E-state index in [9.17, 15) is 9.59 Å². The van der Waals surface area contributed by atoms with Crippen LogP contribution in [0.15, 0.2) is 82.4 Å². The molecule has 0 fully saturated rings. The Kier molecular flexibility index (Phi) is 5.41. The first-order chi connectivity index (χ1) is 28.0. The second kappa shape index (κ2) is 9.90. The fourth-order valence-electron chi connectivity index (χ4n) is 9.71. The first-order valence-electron chi connectivity index (χ1n) is 17.6. The molecule has 13 aromatic rings. The SMILES string of the molecule is O=c1c2c(F)c(F)c3c4c(F)c(F)c5c6c(c(F)c(F)c(c7c(F)c(F)c(c2c37)c2nc3cccc7cccc(c73)n12)c46)c(=O)n1c2cccc3cccc(nc51)c32. The Morgan fingerprint density at radius 3 is 0.983 bits per heavy atom. The van der Waals surface area contributed by atoms with Crippen LogP contribution in [0, 0.1) is 46.5 Å². The fourth-order valence-corrected chi connectivity index (χ4v) is 9.71. The normalized spacial score (nSPS) is 13.0. The molecule has 4 aromatic heterocycles. The molecule has 0 atom stereocenters. The Hall–Kier alpha value is -7.48. The minimum atomic E-state index is -1.99. The third-order valence-corrected chi connectivity index (χ3v) is 11.9. The zero-order valence-corrected chi connectivity index (χ0v) is 28.6. The third-order valence-electron chi connectivity index (χ3n) is 11.9. The molecule has 4 heterocycles. The van der Waals surface area contributed by atoms with Gasteiger partial charge in [0.2, 0.25) is 0 Å². The highest BCUT2D eigenvalue weighted by Crippen LogP contribution is 2.52. The first kappa shape index (κ1) is 31.7. The molecule has 14 heteroatoms. The number of hydrogen-bond acceptors (Lipinski definition) is 4. The minimum Gasteiger partial charge on any atom is -0.268 e. The van der Waals surface area contributed by atoms with Crippen LogP contribution in [-0.2, 0) is 0 Å². The average Bonchev–Trinajstić information content (AvgIpc) is 3.22. The van der Waals surface area contributed by atoms with E-state index in [1.54, 1.807) is 48.5 Å². The van der Waals surface area contributed by atoms with Crippen LogP contribution in [0.4, 0.5) is 35.1 Å². The zero-order valence-electron chi connectivity index (χ0n) is 28.6. The van der Waals surface area contributed by atoms with Gasteiger partial charge in [0.15, 0.2) is 57.8 Å². The lowest BCUT2D eigenvalue weighted by Crippen LogP contribution is -2.20. The quantitative estimate of drug-likeness (QED) is 0.0873. The van der Waals surface area contributed by atoms with E-state index >= 15 is 35.1 Å².